The summed E-state index contributed by atoms with van der Waals surface area (Å²) in [6.07, 6.45) is 3.81. The number of ether oxygens (including phenoxy) is 1. The number of nitrogens with zero attached hydrogens (tertiary/aromatic N) is 2. The topological polar surface area (TPSA) is 73.2 Å². The zero-order valence-electron chi connectivity index (χ0n) is 17.2. The molecule has 28 heavy (non-hydrogen) atoms. The molecule has 2 aromatic rings. The van der Waals surface area contributed by atoms with Crippen LogP contribution >= 0.6 is 0 Å². The Labute approximate surface area is 166 Å². The maximum absolute atomic E-state index is 12.3. The van der Waals surface area contributed by atoms with Crippen LogP contribution in [0.5, 0.6) is 0 Å². The van der Waals surface area contributed by atoms with E-state index in [2.05, 4.69) is 24.3 Å². The summed E-state index contributed by atoms with van der Waals surface area (Å²) in [6.45, 7) is 7.71. The molecule has 6 heteroatoms. The number of aryl methyl sites for hydroxylation is 2. The molecular formula is C22H29N3O3. The number of nitrogens with one attached hydrogen (secondary N) is 1. The van der Waals surface area contributed by atoms with Crippen molar-refractivity contribution in [2.75, 3.05) is 6.61 Å². The highest BCUT2D eigenvalue weighted by Crippen LogP contribution is 2.21. The molecule has 0 aliphatic heterocycles. The Hall–Kier alpha value is -2.89. The highest BCUT2D eigenvalue weighted by atomic mass is 16.5. The van der Waals surface area contributed by atoms with E-state index in [-0.39, 0.29) is 18.6 Å². The van der Waals surface area contributed by atoms with E-state index in [9.17, 15) is 9.59 Å². The number of carbonyl (C=O) groups excluding carboxylic acids is 2. The van der Waals surface area contributed by atoms with Crippen molar-refractivity contribution in [1.29, 1.82) is 0 Å². The third-order valence-electron chi connectivity index (χ3n) is 4.54. The van der Waals surface area contributed by atoms with Crippen molar-refractivity contribution >= 4 is 18.0 Å². The SMILES string of the molecule is Cc1nn(C)c(C)c1/C=C/C(=O)OCC(=O)N[C@H](CC(C)C)c1ccccc1. The van der Waals surface area contributed by atoms with Crippen LogP contribution in [-0.2, 0) is 21.4 Å². The smallest absolute Gasteiger partial charge is 0.331 e. The first kappa shape index (κ1) is 21.4. The van der Waals surface area contributed by atoms with E-state index >= 15 is 0 Å². The highest BCUT2D eigenvalue weighted by Gasteiger charge is 2.17. The monoisotopic (exact) mass is 383 g/mol. The predicted octanol–water partition coefficient (Wildman–Crippen LogP) is 3.50. The Balaban J connectivity index is 1.91. The summed E-state index contributed by atoms with van der Waals surface area (Å²) in [5, 5.41) is 7.26. The Morgan fingerprint density at radius 3 is 2.46 bits per heavy atom. The molecule has 0 bridgehead atoms. The van der Waals surface area contributed by atoms with Crippen LogP contribution in [-0.4, -0.2) is 28.3 Å². The number of esters is 1. The third kappa shape index (κ3) is 6.08. The molecule has 0 unspecified atom stereocenters. The molecule has 0 radical (unpaired) electrons. The molecule has 6 nitrogen and oxygen atoms in total. The summed E-state index contributed by atoms with van der Waals surface area (Å²) < 4.78 is 6.85. The number of carbonyl (C=O) groups is 2. The molecule has 150 valence electrons. The first-order valence-electron chi connectivity index (χ1n) is 9.47. The van der Waals surface area contributed by atoms with Gasteiger partial charge in [-0.05, 0) is 37.8 Å². The lowest BCUT2D eigenvalue weighted by molar-refractivity contribution is -0.144. The maximum atomic E-state index is 12.3. The number of benzene rings is 1. The second-order valence-corrected chi connectivity index (χ2v) is 7.31. The lowest BCUT2D eigenvalue weighted by atomic mass is 9.97. The van der Waals surface area contributed by atoms with Crippen molar-refractivity contribution in [3.05, 3.63) is 58.9 Å². The molecule has 1 heterocycles. The third-order valence-corrected chi connectivity index (χ3v) is 4.54. The van der Waals surface area contributed by atoms with Gasteiger partial charge in [0.05, 0.1) is 11.7 Å². The lowest BCUT2D eigenvalue weighted by Crippen LogP contribution is -2.33. The number of hydrogen-bond donors (Lipinski definition) is 1. The fraction of sp³-hybridized carbons (Fsp3) is 0.409. The van der Waals surface area contributed by atoms with E-state index < -0.39 is 5.97 Å². The van der Waals surface area contributed by atoms with E-state index in [0.29, 0.717) is 5.92 Å². The predicted molar refractivity (Wildman–Crippen MR) is 109 cm³/mol. The van der Waals surface area contributed by atoms with Crippen molar-refractivity contribution < 1.29 is 14.3 Å². The van der Waals surface area contributed by atoms with Gasteiger partial charge < -0.3 is 10.1 Å². The van der Waals surface area contributed by atoms with E-state index in [1.165, 1.54) is 6.08 Å². The van der Waals surface area contributed by atoms with Gasteiger partial charge >= 0.3 is 5.97 Å². The van der Waals surface area contributed by atoms with Crippen LogP contribution in [0.15, 0.2) is 36.4 Å². The fourth-order valence-corrected chi connectivity index (χ4v) is 3.04. The van der Waals surface area contributed by atoms with E-state index in [4.69, 9.17) is 4.74 Å². The largest absolute Gasteiger partial charge is 0.452 e. The second-order valence-electron chi connectivity index (χ2n) is 7.31. The Morgan fingerprint density at radius 2 is 1.89 bits per heavy atom. The maximum Gasteiger partial charge on any atom is 0.331 e. The Bertz CT molecular complexity index is 838. The summed E-state index contributed by atoms with van der Waals surface area (Å²) in [6, 6.07) is 9.70. The van der Waals surface area contributed by atoms with Gasteiger partial charge in [0.15, 0.2) is 6.61 Å². The van der Waals surface area contributed by atoms with Crippen LogP contribution in [0.25, 0.3) is 6.08 Å². The van der Waals surface area contributed by atoms with Gasteiger partial charge in [-0.15, -0.1) is 0 Å². The van der Waals surface area contributed by atoms with E-state index in [0.717, 1.165) is 28.9 Å². The zero-order chi connectivity index (χ0) is 20.7. The molecule has 1 atom stereocenters. The van der Waals surface area contributed by atoms with Crippen molar-refractivity contribution in [2.24, 2.45) is 13.0 Å². The molecule has 1 amide bonds. The van der Waals surface area contributed by atoms with E-state index in [1.807, 2.05) is 51.2 Å². The number of amides is 1. The van der Waals surface area contributed by atoms with Crippen LogP contribution in [0.4, 0.5) is 0 Å². The van der Waals surface area contributed by atoms with Gasteiger partial charge in [0.2, 0.25) is 0 Å². The van der Waals surface area contributed by atoms with Crippen LogP contribution in [0.1, 0.15) is 48.8 Å². The quantitative estimate of drug-likeness (QED) is 0.559. The normalized spacial score (nSPS) is 12.4. The van der Waals surface area contributed by atoms with E-state index in [1.54, 1.807) is 10.8 Å². The standard InChI is InChI=1S/C22H29N3O3/c1-15(2)13-20(18-9-7-6-8-10-18)23-21(26)14-28-22(27)12-11-19-16(3)24-25(5)17(19)4/h6-12,15,20H,13-14H2,1-5H3,(H,23,26)/b12-11+/t20-/m1/s1. The van der Waals surface area contributed by atoms with Gasteiger partial charge in [0, 0.05) is 24.4 Å². The summed E-state index contributed by atoms with van der Waals surface area (Å²) in [5.74, 6) is -0.454. The number of aromatic nitrogens is 2. The molecule has 0 spiro atoms. The van der Waals surface area contributed by atoms with Crippen molar-refractivity contribution in [2.45, 2.75) is 40.2 Å². The minimum atomic E-state index is -0.557. The summed E-state index contributed by atoms with van der Waals surface area (Å²) in [5.41, 5.74) is 3.71. The minimum absolute atomic E-state index is 0.108. The average Bonchev–Trinajstić information content (AvgIpc) is 2.90. The van der Waals surface area contributed by atoms with Crippen LogP contribution in [0.3, 0.4) is 0 Å². The zero-order valence-corrected chi connectivity index (χ0v) is 17.2. The lowest BCUT2D eigenvalue weighted by Gasteiger charge is -2.21. The Kier molecular flexibility index (Phi) is 7.55. The molecule has 1 aromatic heterocycles. The number of hydrogen-bond acceptors (Lipinski definition) is 4. The molecule has 1 aromatic carbocycles. The first-order chi connectivity index (χ1) is 13.3. The van der Waals surface area contributed by atoms with Gasteiger partial charge in [-0.2, -0.15) is 5.10 Å². The van der Waals surface area contributed by atoms with Crippen molar-refractivity contribution in [3.63, 3.8) is 0 Å². The van der Waals surface area contributed by atoms with Crippen LogP contribution in [0.2, 0.25) is 0 Å². The highest BCUT2D eigenvalue weighted by molar-refractivity contribution is 5.89. The van der Waals surface area contributed by atoms with Gasteiger partial charge in [-0.3, -0.25) is 9.48 Å². The second kappa shape index (κ2) is 9.88. The first-order valence-corrected chi connectivity index (χ1v) is 9.47. The van der Waals surface area contributed by atoms with Crippen LogP contribution < -0.4 is 5.32 Å². The molecule has 0 aliphatic carbocycles. The van der Waals surface area contributed by atoms with Gasteiger partial charge in [-0.25, -0.2) is 4.79 Å². The van der Waals surface area contributed by atoms with Gasteiger partial charge in [0.1, 0.15) is 0 Å². The molecular weight excluding hydrogens is 354 g/mol. The number of rotatable bonds is 8. The molecule has 0 aliphatic rings. The van der Waals surface area contributed by atoms with Gasteiger partial charge in [-0.1, -0.05) is 44.2 Å². The molecule has 0 saturated carbocycles. The van der Waals surface area contributed by atoms with Crippen LogP contribution in [0, 0.1) is 19.8 Å². The van der Waals surface area contributed by atoms with Gasteiger partial charge in [0.25, 0.3) is 5.91 Å². The summed E-state index contributed by atoms with van der Waals surface area (Å²) in [7, 11) is 1.85. The average molecular weight is 383 g/mol. The summed E-state index contributed by atoms with van der Waals surface area (Å²) in [4.78, 5) is 24.2. The molecule has 0 saturated heterocycles. The minimum Gasteiger partial charge on any atom is -0.452 e. The Morgan fingerprint density at radius 1 is 1.21 bits per heavy atom. The fourth-order valence-electron chi connectivity index (χ4n) is 3.04. The molecule has 1 N–H and O–H groups in total. The van der Waals surface area contributed by atoms with Crippen molar-refractivity contribution in [3.8, 4) is 0 Å². The molecule has 0 fully saturated rings. The summed E-state index contributed by atoms with van der Waals surface area (Å²) >= 11 is 0. The molecule has 2 rings (SSSR count). The van der Waals surface area contributed by atoms with Crippen molar-refractivity contribution in [1.82, 2.24) is 15.1 Å².